The minimum Gasteiger partial charge on any atom is -0.457 e. The maximum Gasteiger partial charge on any atom is 0.245 e. The fraction of sp³-hybridized carbons (Fsp3) is 0.300. The van der Waals surface area contributed by atoms with Crippen LogP contribution in [0.4, 0.5) is 0 Å². The quantitative estimate of drug-likeness (QED) is 0.906. The molecule has 2 N–H and O–H groups in total. The Hall–Kier alpha value is -2.82. The summed E-state index contributed by atoms with van der Waals surface area (Å²) in [4.78, 5) is 24.7. The van der Waals surface area contributed by atoms with Crippen molar-refractivity contribution in [2.75, 3.05) is 6.54 Å². The Balaban J connectivity index is 1.62. The van der Waals surface area contributed by atoms with Crippen LogP contribution in [0.2, 0.25) is 0 Å². The van der Waals surface area contributed by atoms with Gasteiger partial charge in [-0.1, -0.05) is 36.4 Å². The van der Waals surface area contributed by atoms with E-state index in [-0.39, 0.29) is 24.2 Å². The molecule has 0 radical (unpaired) electrons. The van der Waals surface area contributed by atoms with Gasteiger partial charge in [-0.05, 0) is 25.5 Å². The van der Waals surface area contributed by atoms with Crippen LogP contribution in [-0.4, -0.2) is 23.9 Å². The van der Waals surface area contributed by atoms with Crippen LogP contribution >= 0.6 is 0 Å². The van der Waals surface area contributed by atoms with Gasteiger partial charge in [0.05, 0.1) is 0 Å². The fourth-order valence-corrected chi connectivity index (χ4v) is 3.63. The van der Waals surface area contributed by atoms with Crippen LogP contribution in [0.15, 0.2) is 48.5 Å². The molecule has 0 bridgehead atoms. The van der Waals surface area contributed by atoms with E-state index in [1.165, 1.54) is 0 Å². The first-order chi connectivity index (χ1) is 12.1. The molecule has 2 aromatic carbocycles. The summed E-state index contributed by atoms with van der Waals surface area (Å²) in [6.07, 6.45) is 0.888. The molecular weight excluding hydrogens is 316 g/mol. The Bertz CT molecular complexity index is 803. The maximum absolute atomic E-state index is 12.7. The van der Waals surface area contributed by atoms with Gasteiger partial charge in [0.25, 0.3) is 0 Å². The molecule has 2 aliphatic rings. The zero-order valence-corrected chi connectivity index (χ0v) is 14.0. The molecule has 2 amide bonds. The number of nitrogens with one attached hydrogen (secondary N) is 2. The van der Waals surface area contributed by atoms with Gasteiger partial charge in [-0.25, -0.2) is 0 Å². The summed E-state index contributed by atoms with van der Waals surface area (Å²) in [5.41, 5.74) is 1.18. The standard InChI is InChI=1S/C20H20N2O3/c1-20(10-11-21-19(20)24)22-18(23)12-15-13-6-2-4-8-16(13)25-17-9-5-3-7-14(15)17/h2-9,15H,10-12H2,1H3,(H,21,24)(H,22,23). The van der Waals surface area contributed by atoms with Gasteiger partial charge in [0, 0.05) is 30.0 Å². The number of para-hydroxylation sites is 2. The smallest absolute Gasteiger partial charge is 0.245 e. The molecule has 0 aliphatic carbocycles. The van der Waals surface area contributed by atoms with Crippen molar-refractivity contribution in [1.82, 2.24) is 10.6 Å². The van der Waals surface area contributed by atoms with Crippen molar-refractivity contribution in [2.24, 2.45) is 0 Å². The number of benzene rings is 2. The number of fused-ring (bicyclic) bond motifs is 2. The van der Waals surface area contributed by atoms with E-state index in [1.54, 1.807) is 6.92 Å². The fourth-order valence-electron chi connectivity index (χ4n) is 3.63. The van der Waals surface area contributed by atoms with E-state index in [4.69, 9.17) is 4.74 Å². The van der Waals surface area contributed by atoms with Gasteiger partial charge < -0.3 is 15.4 Å². The molecular formula is C20H20N2O3. The molecule has 2 heterocycles. The van der Waals surface area contributed by atoms with Crippen molar-refractivity contribution in [3.8, 4) is 11.5 Å². The third-order valence-corrected chi connectivity index (χ3v) is 5.03. The van der Waals surface area contributed by atoms with Gasteiger partial charge in [-0.3, -0.25) is 9.59 Å². The Kier molecular flexibility index (Phi) is 3.71. The van der Waals surface area contributed by atoms with Crippen molar-refractivity contribution in [2.45, 2.75) is 31.2 Å². The highest BCUT2D eigenvalue weighted by atomic mass is 16.5. The van der Waals surface area contributed by atoms with E-state index in [0.717, 1.165) is 22.6 Å². The molecule has 2 aromatic rings. The third-order valence-electron chi connectivity index (χ3n) is 5.03. The van der Waals surface area contributed by atoms with Gasteiger partial charge in [0.2, 0.25) is 11.8 Å². The van der Waals surface area contributed by atoms with Crippen LogP contribution in [0.3, 0.4) is 0 Å². The summed E-state index contributed by atoms with van der Waals surface area (Å²) in [5.74, 6) is 1.23. The van der Waals surface area contributed by atoms with E-state index in [0.29, 0.717) is 13.0 Å². The second-order valence-electron chi connectivity index (χ2n) is 6.82. The number of hydrogen-bond acceptors (Lipinski definition) is 3. The zero-order valence-electron chi connectivity index (χ0n) is 14.0. The molecule has 1 atom stereocenters. The first-order valence-electron chi connectivity index (χ1n) is 8.52. The molecule has 2 aliphatic heterocycles. The van der Waals surface area contributed by atoms with E-state index >= 15 is 0 Å². The lowest BCUT2D eigenvalue weighted by Gasteiger charge is -2.29. The highest BCUT2D eigenvalue weighted by Gasteiger charge is 2.39. The van der Waals surface area contributed by atoms with E-state index < -0.39 is 5.54 Å². The van der Waals surface area contributed by atoms with Crippen molar-refractivity contribution in [1.29, 1.82) is 0 Å². The number of hydrogen-bond donors (Lipinski definition) is 2. The summed E-state index contributed by atoms with van der Waals surface area (Å²) >= 11 is 0. The van der Waals surface area contributed by atoms with Gasteiger partial charge >= 0.3 is 0 Å². The SMILES string of the molecule is CC1(NC(=O)CC2c3ccccc3Oc3ccccc32)CCNC1=O. The molecule has 0 aromatic heterocycles. The minimum atomic E-state index is -0.818. The van der Waals surface area contributed by atoms with E-state index in [9.17, 15) is 9.59 Å². The highest BCUT2D eigenvalue weighted by Crippen LogP contribution is 2.45. The first kappa shape index (κ1) is 15.7. The molecule has 0 spiro atoms. The topological polar surface area (TPSA) is 67.4 Å². The lowest BCUT2D eigenvalue weighted by molar-refractivity contribution is -0.130. The Morgan fingerprint density at radius 3 is 2.32 bits per heavy atom. The maximum atomic E-state index is 12.7. The predicted octanol–water partition coefficient (Wildman–Crippen LogP) is 2.71. The summed E-state index contributed by atoms with van der Waals surface area (Å²) in [6, 6.07) is 15.6. The summed E-state index contributed by atoms with van der Waals surface area (Å²) in [6.45, 7) is 2.37. The predicted molar refractivity (Wildman–Crippen MR) is 93.6 cm³/mol. The second kappa shape index (κ2) is 5.92. The third kappa shape index (κ3) is 2.76. The molecule has 5 nitrogen and oxygen atoms in total. The molecule has 1 unspecified atom stereocenters. The molecule has 128 valence electrons. The van der Waals surface area contributed by atoms with E-state index in [2.05, 4.69) is 10.6 Å². The average molecular weight is 336 g/mol. The average Bonchev–Trinajstić information content (AvgIpc) is 2.93. The Morgan fingerprint density at radius 1 is 1.16 bits per heavy atom. The number of amides is 2. The lowest BCUT2D eigenvalue weighted by atomic mass is 9.85. The van der Waals surface area contributed by atoms with Crippen LogP contribution in [0.5, 0.6) is 11.5 Å². The zero-order chi connectivity index (χ0) is 17.4. The van der Waals surface area contributed by atoms with Crippen molar-refractivity contribution in [3.05, 3.63) is 59.7 Å². The minimum absolute atomic E-state index is 0.0887. The number of rotatable bonds is 3. The van der Waals surface area contributed by atoms with Crippen molar-refractivity contribution >= 4 is 11.8 Å². The molecule has 0 saturated carbocycles. The van der Waals surface area contributed by atoms with Crippen LogP contribution in [0, 0.1) is 0 Å². The van der Waals surface area contributed by atoms with Crippen LogP contribution in [0.1, 0.15) is 36.8 Å². The van der Waals surface area contributed by atoms with Gasteiger partial charge in [-0.2, -0.15) is 0 Å². The first-order valence-corrected chi connectivity index (χ1v) is 8.52. The highest BCUT2D eigenvalue weighted by molar-refractivity contribution is 5.93. The molecule has 1 saturated heterocycles. The largest absolute Gasteiger partial charge is 0.457 e. The van der Waals surface area contributed by atoms with Crippen LogP contribution in [-0.2, 0) is 9.59 Å². The number of carbonyl (C=O) groups is 2. The summed E-state index contributed by atoms with van der Waals surface area (Å²) in [7, 11) is 0. The molecule has 1 fully saturated rings. The van der Waals surface area contributed by atoms with E-state index in [1.807, 2.05) is 48.5 Å². The normalized spacial score (nSPS) is 21.7. The Morgan fingerprint density at radius 2 is 1.76 bits per heavy atom. The van der Waals surface area contributed by atoms with Crippen LogP contribution < -0.4 is 15.4 Å². The summed E-state index contributed by atoms with van der Waals surface area (Å²) < 4.78 is 5.96. The van der Waals surface area contributed by atoms with Crippen molar-refractivity contribution < 1.29 is 14.3 Å². The van der Waals surface area contributed by atoms with Gasteiger partial charge in [0.15, 0.2) is 0 Å². The molecule has 25 heavy (non-hydrogen) atoms. The van der Waals surface area contributed by atoms with Gasteiger partial charge in [-0.15, -0.1) is 0 Å². The molecule has 5 heteroatoms. The number of carbonyl (C=O) groups excluding carboxylic acids is 2. The Labute approximate surface area is 146 Å². The molecule has 4 rings (SSSR count). The monoisotopic (exact) mass is 336 g/mol. The second-order valence-corrected chi connectivity index (χ2v) is 6.82. The summed E-state index contributed by atoms with van der Waals surface area (Å²) in [5, 5.41) is 5.70. The van der Waals surface area contributed by atoms with Crippen molar-refractivity contribution in [3.63, 3.8) is 0 Å². The van der Waals surface area contributed by atoms with Crippen LogP contribution in [0.25, 0.3) is 0 Å². The number of ether oxygens (including phenoxy) is 1. The van der Waals surface area contributed by atoms with Gasteiger partial charge in [0.1, 0.15) is 17.0 Å². The lowest BCUT2D eigenvalue weighted by Crippen LogP contribution is -2.51.